The monoisotopic (exact) mass is 232 g/mol. The molecule has 0 bridgehead atoms. The minimum atomic E-state index is -0.561. The molecule has 1 fully saturated rings. The van der Waals surface area contributed by atoms with E-state index >= 15 is 0 Å². The molecule has 0 spiro atoms. The van der Waals surface area contributed by atoms with Gasteiger partial charge in [0.2, 0.25) is 11.8 Å². The molecule has 1 unspecified atom stereocenters. The maximum Gasteiger partial charge on any atom is 0.229 e. The summed E-state index contributed by atoms with van der Waals surface area (Å²) < 4.78 is 0. The van der Waals surface area contributed by atoms with Crippen molar-refractivity contribution in [2.45, 2.75) is 20.3 Å². The van der Waals surface area contributed by atoms with Crippen molar-refractivity contribution in [2.75, 3.05) is 19.0 Å². The van der Waals surface area contributed by atoms with Gasteiger partial charge in [-0.2, -0.15) is 0 Å². The molecule has 0 aromatic heterocycles. The molecule has 0 aromatic carbocycles. The summed E-state index contributed by atoms with van der Waals surface area (Å²) in [5.41, 5.74) is 4.64. The van der Waals surface area contributed by atoms with Gasteiger partial charge in [-0.15, -0.1) is 11.6 Å². The number of amides is 2. The smallest absolute Gasteiger partial charge is 0.229 e. The van der Waals surface area contributed by atoms with Crippen molar-refractivity contribution >= 4 is 23.4 Å². The highest BCUT2D eigenvalue weighted by molar-refractivity contribution is 6.19. The van der Waals surface area contributed by atoms with Crippen LogP contribution in [0.5, 0.6) is 0 Å². The molecule has 2 N–H and O–H groups in total. The SMILES string of the molecule is CC(C)(CCl)C(=O)N1CCC(C(N)=O)C1. The number of hydrogen-bond acceptors (Lipinski definition) is 2. The number of hydrogen-bond donors (Lipinski definition) is 1. The number of halogens is 1. The Morgan fingerprint density at radius 1 is 1.53 bits per heavy atom. The Labute approximate surface area is 94.7 Å². The maximum absolute atomic E-state index is 12.0. The Hall–Kier alpha value is -0.770. The molecule has 0 aliphatic carbocycles. The van der Waals surface area contributed by atoms with E-state index in [4.69, 9.17) is 17.3 Å². The molecule has 1 heterocycles. The fourth-order valence-corrected chi connectivity index (χ4v) is 1.78. The van der Waals surface area contributed by atoms with Crippen molar-refractivity contribution in [1.82, 2.24) is 4.90 Å². The third-order valence-electron chi connectivity index (χ3n) is 2.79. The first-order chi connectivity index (χ1) is 6.88. The van der Waals surface area contributed by atoms with E-state index in [0.717, 1.165) is 0 Å². The van der Waals surface area contributed by atoms with Crippen LogP contribution in [0.3, 0.4) is 0 Å². The highest BCUT2D eigenvalue weighted by Crippen LogP contribution is 2.25. The second-order valence-electron chi connectivity index (χ2n) is 4.66. The fourth-order valence-electron chi connectivity index (χ4n) is 1.66. The zero-order valence-corrected chi connectivity index (χ0v) is 9.88. The molecule has 4 nitrogen and oxygen atoms in total. The lowest BCUT2D eigenvalue weighted by molar-refractivity contribution is -0.138. The number of nitrogens with zero attached hydrogens (tertiary/aromatic N) is 1. The van der Waals surface area contributed by atoms with Gasteiger partial charge in [-0.05, 0) is 20.3 Å². The van der Waals surface area contributed by atoms with Crippen molar-refractivity contribution < 1.29 is 9.59 Å². The lowest BCUT2D eigenvalue weighted by Crippen LogP contribution is -2.41. The van der Waals surface area contributed by atoms with E-state index in [1.165, 1.54) is 0 Å². The van der Waals surface area contributed by atoms with E-state index < -0.39 is 5.41 Å². The number of alkyl halides is 1. The molecule has 15 heavy (non-hydrogen) atoms. The van der Waals surface area contributed by atoms with Crippen molar-refractivity contribution in [2.24, 2.45) is 17.1 Å². The summed E-state index contributed by atoms with van der Waals surface area (Å²) in [6.45, 7) is 4.65. The van der Waals surface area contributed by atoms with Crippen LogP contribution in [0.25, 0.3) is 0 Å². The number of likely N-dealkylation sites (tertiary alicyclic amines) is 1. The van der Waals surface area contributed by atoms with E-state index in [9.17, 15) is 9.59 Å². The Balaban J connectivity index is 2.61. The topological polar surface area (TPSA) is 63.4 Å². The second kappa shape index (κ2) is 4.39. The van der Waals surface area contributed by atoms with Crippen molar-refractivity contribution in [3.63, 3.8) is 0 Å². The largest absolute Gasteiger partial charge is 0.369 e. The Morgan fingerprint density at radius 2 is 2.13 bits per heavy atom. The van der Waals surface area contributed by atoms with Gasteiger partial charge in [0.15, 0.2) is 0 Å². The van der Waals surface area contributed by atoms with Crippen LogP contribution in [0.1, 0.15) is 20.3 Å². The Kier molecular flexibility index (Phi) is 3.60. The summed E-state index contributed by atoms with van der Waals surface area (Å²) in [4.78, 5) is 24.6. The zero-order valence-electron chi connectivity index (χ0n) is 9.12. The van der Waals surface area contributed by atoms with Gasteiger partial charge in [0.05, 0.1) is 11.3 Å². The Bertz CT molecular complexity index is 279. The lowest BCUT2D eigenvalue weighted by atomic mass is 9.94. The standard InChI is InChI=1S/C10H17ClN2O2/c1-10(2,6-11)9(15)13-4-3-7(5-13)8(12)14/h7H,3-6H2,1-2H3,(H2,12,14). The van der Waals surface area contributed by atoms with Crippen LogP contribution in [0.15, 0.2) is 0 Å². The van der Waals surface area contributed by atoms with Gasteiger partial charge in [0.1, 0.15) is 0 Å². The molecule has 86 valence electrons. The number of carbonyl (C=O) groups excluding carboxylic acids is 2. The molecule has 1 atom stereocenters. The van der Waals surface area contributed by atoms with Crippen molar-refractivity contribution in [3.05, 3.63) is 0 Å². The molecule has 0 saturated carbocycles. The van der Waals surface area contributed by atoms with Gasteiger partial charge in [-0.3, -0.25) is 9.59 Å². The average molecular weight is 233 g/mol. The summed E-state index contributed by atoms with van der Waals surface area (Å²) in [5.74, 6) is -0.237. The third kappa shape index (κ3) is 2.62. The van der Waals surface area contributed by atoms with E-state index in [-0.39, 0.29) is 23.6 Å². The molecule has 5 heteroatoms. The molecule has 1 rings (SSSR count). The zero-order chi connectivity index (χ0) is 11.6. The van der Waals surface area contributed by atoms with Crippen LogP contribution in [0, 0.1) is 11.3 Å². The molecule has 1 aliphatic rings. The van der Waals surface area contributed by atoms with Crippen LogP contribution in [-0.2, 0) is 9.59 Å². The van der Waals surface area contributed by atoms with E-state index in [0.29, 0.717) is 19.5 Å². The molecule has 1 saturated heterocycles. The number of primary amides is 1. The summed E-state index contributed by atoms with van der Waals surface area (Å²) in [7, 11) is 0. The summed E-state index contributed by atoms with van der Waals surface area (Å²) in [6, 6.07) is 0. The first-order valence-corrected chi connectivity index (χ1v) is 5.56. The quantitative estimate of drug-likeness (QED) is 0.724. The highest BCUT2D eigenvalue weighted by Gasteiger charge is 2.36. The van der Waals surface area contributed by atoms with Crippen LogP contribution < -0.4 is 5.73 Å². The summed E-state index contributed by atoms with van der Waals surface area (Å²) >= 11 is 5.73. The number of rotatable bonds is 3. The molecule has 0 radical (unpaired) electrons. The fraction of sp³-hybridized carbons (Fsp3) is 0.800. The first-order valence-electron chi connectivity index (χ1n) is 5.03. The van der Waals surface area contributed by atoms with Crippen LogP contribution in [0.4, 0.5) is 0 Å². The predicted molar refractivity (Wildman–Crippen MR) is 58.4 cm³/mol. The van der Waals surface area contributed by atoms with Crippen LogP contribution >= 0.6 is 11.6 Å². The normalized spacial score (nSPS) is 21.8. The van der Waals surface area contributed by atoms with Gasteiger partial charge >= 0.3 is 0 Å². The van der Waals surface area contributed by atoms with Crippen LogP contribution in [-0.4, -0.2) is 35.7 Å². The third-order valence-corrected chi connectivity index (χ3v) is 3.46. The molecule has 2 amide bonds. The van der Waals surface area contributed by atoms with Crippen molar-refractivity contribution in [1.29, 1.82) is 0 Å². The van der Waals surface area contributed by atoms with Gasteiger partial charge in [0, 0.05) is 19.0 Å². The Morgan fingerprint density at radius 3 is 2.53 bits per heavy atom. The van der Waals surface area contributed by atoms with Crippen molar-refractivity contribution in [3.8, 4) is 0 Å². The second-order valence-corrected chi connectivity index (χ2v) is 4.92. The molecular formula is C10H17ClN2O2. The molecular weight excluding hydrogens is 216 g/mol. The number of nitrogens with two attached hydrogens (primary N) is 1. The summed E-state index contributed by atoms with van der Waals surface area (Å²) in [6.07, 6.45) is 0.666. The van der Waals surface area contributed by atoms with Gasteiger partial charge < -0.3 is 10.6 Å². The highest BCUT2D eigenvalue weighted by atomic mass is 35.5. The van der Waals surface area contributed by atoms with E-state index in [1.54, 1.807) is 18.7 Å². The summed E-state index contributed by atoms with van der Waals surface area (Å²) in [5, 5.41) is 0. The molecule has 0 aromatic rings. The van der Waals surface area contributed by atoms with E-state index in [2.05, 4.69) is 0 Å². The molecule has 1 aliphatic heterocycles. The van der Waals surface area contributed by atoms with E-state index in [1.807, 2.05) is 0 Å². The van der Waals surface area contributed by atoms with Gasteiger partial charge in [-0.25, -0.2) is 0 Å². The number of carbonyl (C=O) groups is 2. The lowest BCUT2D eigenvalue weighted by Gasteiger charge is -2.27. The maximum atomic E-state index is 12.0. The minimum absolute atomic E-state index is 0.00116. The predicted octanol–water partition coefficient (Wildman–Crippen LogP) is 0.585. The first kappa shape index (κ1) is 12.3. The van der Waals surface area contributed by atoms with Gasteiger partial charge in [0.25, 0.3) is 0 Å². The van der Waals surface area contributed by atoms with Gasteiger partial charge in [-0.1, -0.05) is 0 Å². The average Bonchev–Trinajstić information content (AvgIpc) is 2.65. The van der Waals surface area contributed by atoms with Crippen LogP contribution in [0.2, 0.25) is 0 Å². The minimum Gasteiger partial charge on any atom is -0.369 e.